The van der Waals surface area contributed by atoms with Gasteiger partial charge in [0.25, 0.3) is 0 Å². The molecule has 0 radical (unpaired) electrons. The van der Waals surface area contributed by atoms with Gasteiger partial charge < -0.3 is 5.11 Å². The summed E-state index contributed by atoms with van der Waals surface area (Å²) >= 11 is 1.48. The summed E-state index contributed by atoms with van der Waals surface area (Å²) in [7, 11) is 0. The van der Waals surface area contributed by atoms with Gasteiger partial charge in [-0.2, -0.15) is 0 Å². The highest BCUT2D eigenvalue weighted by Crippen LogP contribution is 2.33. The Kier molecular flexibility index (Phi) is 3.03. The van der Waals surface area contributed by atoms with Crippen molar-refractivity contribution in [1.29, 1.82) is 0 Å². The maximum absolute atomic E-state index is 10.9. The molecule has 88 valence electrons. The number of aromatic carboxylic acids is 1. The van der Waals surface area contributed by atoms with Crippen molar-refractivity contribution in [3.05, 3.63) is 45.8 Å². The largest absolute Gasteiger partial charge is 0.478 e. The summed E-state index contributed by atoms with van der Waals surface area (Å²) < 4.78 is 0. The molecular weight excluding hydrogens is 232 g/mol. The van der Waals surface area contributed by atoms with E-state index in [0.29, 0.717) is 5.56 Å². The first-order chi connectivity index (χ1) is 7.99. The van der Waals surface area contributed by atoms with Gasteiger partial charge in [0.05, 0.1) is 5.56 Å². The average Bonchev–Trinajstić information content (AvgIpc) is 2.65. The number of thiophene rings is 1. The van der Waals surface area contributed by atoms with Crippen LogP contribution in [0.25, 0.3) is 10.4 Å². The molecule has 1 heterocycles. The summed E-state index contributed by atoms with van der Waals surface area (Å²) in [5, 5.41) is 10.6. The van der Waals surface area contributed by atoms with Crippen LogP contribution in [0.2, 0.25) is 0 Å². The van der Waals surface area contributed by atoms with Gasteiger partial charge in [-0.3, -0.25) is 0 Å². The molecule has 1 aromatic heterocycles. The van der Waals surface area contributed by atoms with Crippen molar-refractivity contribution < 1.29 is 9.90 Å². The fourth-order valence-corrected chi connectivity index (χ4v) is 3.21. The van der Waals surface area contributed by atoms with Crippen LogP contribution in [-0.4, -0.2) is 11.1 Å². The summed E-state index contributed by atoms with van der Waals surface area (Å²) in [5.41, 5.74) is 5.15. The lowest BCUT2D eigenvalue weighted by Crippen LogP contribution is -1.92. The fraction of sp³-hybridized carbons (Fsp3) is 0.214. The molecule has 0 saturated heterocycles. The minimum absolute atomic E-state index is 0.365. The number of aryl methyl sites for hydroxylation is 3. The van der Waals surface area contributed by atoms with Crippen LogP contribution in [0, 0.1) is 20.8 Å². The molecule has 2 nitrogen and oxygen atoms in total. The van der Waals surface area contributed by atoms with Crippen LogP contribution in [0.5, 0.6) is 0 Å². The van der Waals surface area contributed by atoms with Crippen LogP contribution in [0.4, 0.5) is 0 Å². The third kappa shape index (κ3) is 2.24. The predicted molar refractivity (Wildman–Crippen MR) is 70.9 cm³/mol. The van der Waals surface area contributed by atoms with E-state index in [1.807, 2.05) is 0 Å². The molecule has 0 aliphatic carbocycles. The predicted octanol–water partition coefficient (Wildman–Crippen LogP) is 4.04. The molecule has 0 fully saturated rings. The number of benzene rings is 1. The molecule has 0 amide bonds. The molecule has 1 aromatic carbocycles. The van der Waals surface area contributed by atoms with E-state index in [1.54, 1.807) is 11.4 Å². The van der Waals surface area contributed by atoms with E-state index in [9.17, 15) is 4.79 Å². The topological polar surface area (TPSA) is 37.3 Å². The minimum atomic E-state index is -0.866. The molecule has 17 heavy (non-hydrogen) atoms. The van der Waals surface area contributed by atoms with E-state index >= 15 is 0 Å². The van der Waals surface area contributed by atoms with Crippen molar-refractivity contribution >= 4 is 17.3 Å². The average molecular weight is 246 g/mol. The molecule has 0 atom stereocenters. The van der Waals surface area contributed by atoms with Crippen molar-refractivity contribution in [3.63, 3.8) is 0 Å². The maximum Gasteiger partial charge on any atom is 0.336 e. The van der Waals surface area contributed by atoms with E-state index in [0.717, 1.165) is 10.4 Å². The van der Waals surface area contributed by atoms with Gasteiger partial charge in [-0.25, -0.2) is 4.79 Å². The van der Waals surface area contributed by atoms with Gasteiger partial charge in [0.2, 0.25) is 0 Å². The molecule has 0 unspecified atom stereocenters. The summed E-state index contributed by atoms with van der Waals surface area (Å²) in [6, 6.07) is 6.00. The van der Waals surface area contributed by atoms with Crippen LogP contribution in [0.15, 0.2) is 23.6 Å². The van der Waals surface area contributed by atoms with Crippen LogP contribution in [0.3, 0.4) is 0 Å². The van der Waals surface area contributed by atoms with Gasteiger partial charge >= 0.3 is 5.97 Å². The highest BCUT2D eigenvalue weighted by molar-refractivity contribution is 7.13. The first-order valence-corrected chi connectivity index (χ1v) is 6.27. The molecule has 2 aromatic rings. The van der Waals surface area contributed by atoms with Gasteiger partial charge in [0.15, 0.2) is 0 Å². The molecular formula is C14H14O2S. The Hall–Kier alpha value is -1.61. The second kappa shape index (κ2) is 4.34. The lowest BCUT2D eigenvalue weighted by atomic mass is 9.98. The van der Waals surface area contributed by atoms with Crippen molar-refractivity contribution in [3.8, 4) is 10.4 Å². The van der Waals surface area contributed by atoms with Crippen LogP contribution < -0.4 is 0 Å². The van der Waals surface area contributed by atoms with Crippen LogP contribution in [-0.2, 0) is 0 Å². The lowest BCUT2D eigenvalue weighted by Gasteiger charge is -2.09. The molecule has 2 rings (SSSR count). The Bertz CT molecular complexity index is 559. The fourth-order valence-electron chi connectivity index (χ4n) is 2.15. The Morgan fingerprint density at radius 1 is 1.12 bits per heavy atom. The number of carboxylic acid groups (broad SMARTS) is 1. The third-order valence-corrected chi connectivity index (χ3v) is 3.72. The molecule has 0 spiro atoms. The van der Waals surface area contributed by atoms with Crippen molar-refractivity contribution in [2.24, 2.45) is 0 Å². The molecule has 3 heteroatoms. The van der Waals surface area contributed by atoms with E-state index in [4.69, 9.17) is 5.11 Å². The van der Waals surface area contributed by atoms with Gasteiger partial charge in [-0.05, 0) is 43.5 Å². The summed E-state index contributed by atoms with van der Waals surface area (Å²) in [4.78, 5) is 11.9. The Labute approximate surface area is 105 Å². The van der Waals surface area contributed by atoms with Crippen LogP contribution >= 0.6 is 11.3 Å². The standard InChI is InChI=1S/C14H14O2S/c1-8-4-9(2)13(10(3)5-8)12-6-11(7-17-12)14(15)16/h4-7H,1-3H3,(H,15,16). The summed E-state index contributed by atoms with van der Waals surface area (Å²) in [6.07, 6.45) is 0. The number of rotatable bonds is 2. The number of hydrogen-bond donors (Lipinski definition) is 1. The SMILES string of the molecule is Cc1cc(C)c(-c2cc(C(=O)O)cs2)c(C)c1. The van der Waals surface area contributed by atoms with Crippen molar-refractivity contribution in [2.45, 2.75) is 20.8 Å². The molecule has 1 N–H and O–H groups in total. The highest BCUT2D eigenvalue weighted by atomic mass is 32.1. The number of carboxylic acids is 1. The molecule has 0 bridgehead atoms. The first kappa shape index (κ1) is 11.9. The zero-order valence-corrected chi connectivity index (χ0v) is 10.9. The second-order valence-corrected chi connectivity index (χ2v) is 5.19. The van der Waals surface area contributed by atoms with E-state index < -0.39 is 5.97 Å². The lowest BCUT2D eigenvalue weighted by molar-refractivity contribution is 0.0697. The van der Waals surface area contributed by atoms with E-state index in [2.05, 4.69) is 32.9 Å². The molecule has 0 aliphatic rings. The van der Waals surface area contributed by atoms with E-state index in [-0.39, 0.29) is 0 Å². The normalized spacial score (nSPS) is 10.5. The molecule has 0 aliphatic heterocycles. The van der Waals surface area contributed by atoms with Gasteiger partial charge in [-0.1, -0.05) is 17.7 Å². The third-order valence-electron chi connectivity index (χ3n) is 2.77. The van der Waals surface area contributed by atoms with Crippen molar-refractivity contribution in [2.75, 3.05) is 0 Å². The van der Waals surface area contributed by atoms with E-state index in [1.165, 1.54) is 28.0 Å². The summed E-state index contributed by atoms with van der Waals surface area (Å²) in [5.74, 6) is -0.866. The number of carbonyl (C=O) groups is 1. The summed E-state index contributed by atoms with van der Waals surface area (Å²) in [6.45, 7) is 6.20. The zero-order valence-electron chi connectivity index (χ0n) is 10.1. The quantitative estimate of drug-likeness (QED) is 0.868. The zero-order chi connectivity index (χ0) is 12.6. The second-order valence-electron chi connectivity index (χ2n) is 4.28. The van der Waals surface area contributed by atoms with Gasteiger partial charge in [0, 0.05) is 10.3 Å². The van der Waals surface area contributed by atoms with Gasteiger partial charge in [0.1, 0.15) is 0 Å². The maximum atomic E-state index is 10.9. The van der Waals surface area contributed by atoms with Crippen LogP contribution in [0.1, 0.15) is 27.0 Å². The van der Waals surface area contributed by atoms with Crippen molar-refractivity contribution in [1.82, 2.24) is 0 Å². The first-order valence-electron chi connectivity index (χ1n) is 5.39. The Morgan fingerprint density at radius 2 is 1.71 bits per heavy atom. The smallest absolute Gasteiger partial charge is 0.336 e. The monoisotopic (exact) mass is 246 g/mol. The van der Waals surface area contributed by atoms with Gasteiger partial charge in [-0.15, -0.1) is 11.3 Å². The molecule has 0 saturated carbocycles. The highest BCUT2D eigenvalue weighted by Gasteiger charge is 2.12. The number of hydrogen-bond acceptors (Lipinski definition) is 2. The minimum Gasteiger partial charge on any atom is -0.478 e. The Morgan fingerprint density at radius 3 is 2.18 bits per heavy atom. The Balaban J connectivity index is 2.56.